The summed E-state index contributed by atoms with van der Waals surface area (Å²) < 4.78 is 41.4. The van der Waals surface area contributed by atoms with Crippen LogP contribution in [0.4, 0.5) is 13.2 Å². The highest BCUT2D eigenvalue weighted by molar-refractivity contribution is 5.58. The standard InChI is InChI=1S/C19H16F3N5/c1-26-11-15(13-5-3-2-4-6-13)23-17(26)9-7-14-8-10-18-24-16(19(20,21)22)12-27(18)25-14/h2-6,8,10-12H,7,9H2,1H3. The Morgan fingerprint density at radius 2 is 1.70 bits per heavy atom. The average Bonchev–Trinajstić information content (AvgIpc) is 3.23. The van der Waals surface area contributed by atoms with E-state index in [-0.39, 0.29) is 5.65 Å². The number of benzene rings is 1. The molecule has 4 rings (SSSR count). The summed E-state index contributed by atoms with van der Waals surface area (Å²) in [6, 6.07) is 13.1. The number of imidazole rings is 2. The molecule has 0 aliphatic carbocycles. The van der Waals surface area contributed by atoms with Crippen LogP contribution in [0, 0.1) is 0 Å². The Bertz CT molecular complexity index is 1080. The Hall–Kier alpha value is -3.16. The van der Waals surface area contributed by atoms with Crippen molar-refractivity contribution in [3.05, 3.63) is 72.1 Å². The first kappa shape index (κ1) is 17.3. The summed E-state index contributed by atoms with van der Waals surface area (Å²) in [4.78, 5) is 8.21. The number of hydrogen-bond donors (Lipinski definition) is 0. The second-order valence-corrected chi connectivity index (χ2v) is 6.27. The van der Waals surface area contributed by atoms with Gasteiger partial charge in [0.05, 0.1) is 17.6 Å². The number of alkyl halides is 3. The lowest BCUT2D eigenvalue weighted by molar-refractivity contribution is -0.140. The SMILES string of the molecule is Cn1cc(-c2ccccc2)nc1CCc1ccc2nc(C(F)(F)F)cn2n1. The Labute approximate surface area is 153 Å². The van der Waals surface area contributed by atoms with E-state index in [2.05, 4.69) is 15.1 Å². The van der Waals surface area contributed by atoms with Gasteiger partial charge < -0.3 is 4.57 Å². The lowest BCUT2D eigenvalue weighted by atomic mass is 10.2. The zero-order valence-corrected chi connectivity index (χ0v) is 14.5. The van der Waals surface area contributed by atoms with E-state index >= 15 is 0 Å². The van der Waals surface area contributed by atoms with Crippen molar-refractivity contribution in [2.45, 2.75) is 19.0 Å². The minimum Gasteiger partial charge on any atom is -0.337 e. The predicted octanol–water partition coefficient (Wildman–Crippen LogP) is 3.93. The van der Waals surface area contributed by atoms with Crippen LogP contribution >= 0.6 is 0 Å². The normalized spacial score (nSPS) is 12.0. The molecule has 3 aromatic heterocycles. The molecule has 0 radical (unpaired) electrons. The first-order valence-electron chi connectivity index (χ1n) is 8.40. The second-order valence-electron chi connectivity index (χ2n) is 6.27. The Balaban J connectivity index is 1.53. The second kappa shape index (κ2) is 6.53. The smallest absolute Gasteiger partial charge is 0.337 e. The number of nitrogens with zero attached hydrogens (tertiary/aromatic N) is 5. The molecule has 0 spiro atoms. The van der Waals surface area contributed by atoms with Gasteiger partial charge in [-0.25, -0.2) is 14.5 Å². The van der Waals surface area contributed by atoms with Gasteiger partial charge in [-0.2, -0.15) is 18.3 Å². The summed E-state index contributed by atoms with van der Waals surface area (Å²) in [7, 11) is 1.93. The van der Waals surface area contributed by atoms with Crippen molar-refractivity contribution >= 4 is 5.65 Å². The van der Waals surface area contributed by atoms with Crippen LogP contribution in [0.5, 0.6) is 0 Å². The fourth-order valence-electron chi connectivity index (χ4n) is 2.92. The van der Waals surface area contributed by atoms with Crippen molar-refractivity contribution in [3.63, 3.8) is 0 Å². The van der Waals surface area contributed by atoms with E-state index in [1.807, 2.05) is 48.1 Å². The van der Waals surface area contributed by atoms with Crippen molar-refractivity contribution in [1.82, 2.24) is 24.1 Å². The fourth-order valence-corrected chi connectivity index (χ4v) is 2.92. The van der Waals surface area contributed by atoms with Crippen LogP contribution in [0.25, 0.3) is 16.9 Å². The van der Waals surface area contributed by atoms with Crippen LogP contribution in [0.3, 0.4) is 0 Å². The van der Waals surface area contributed by atoms with Crippen LogP contribution in [-0.2, 0) is 26.1 Å². The van der Waals surface area contributed by atoms with E-state index in [1.54, 1.807) is 12.1 Å². The topological polar surface area (TPSA) is 48.0 Å². The highest BCUT2D eigenvalue weighted by Gasteiger charge is 2.34. The van der Waals surface area contributed by atoms with Gasteiger partial charge in [-0.15, -0.1) is 0 Å². The third-order valence-electron chi connectivity index (χ3n) is 4.31. The number of rotatable bonds is 4. The molecule has 4 aromatic rings. The molecule has 0 unspecified atom stereocenters. The van der Waals surface area contributed by atoms with Crippen LogP contribution in [-0.4, -0.2) is 24.1 Å². The maximum absolute atomic E-state index is 12.8. The molecule has 0 saturated heterocycles. The molecule has 0 fully saturated rings. The summed E-state index contributed by atoms with van der Waals surface area (Å²) in [5, 5.41) is 4.24. The lowest BCUT2D eigenvalue weighted by Crippen LogP contribution is -2.04. The lowest BCUT2D eigenvalue weighted by Gasteiger charge is -2.02. The number of fused-ring (bicyclic) bond motifs is 1. The third kappa shape index (κ3) is 3.55. The molecular weight excluding hydrogens is 355 g/mol. The molecule has 5 nitrogen and oxygen atoms in total. The summed E-state index contributed by atoms with van der Waals surface area (Å²) in [6.07, 6.45) is -0.411. The highest BCUT2D eigenvalue weighted by atomic mass is 19.4. The molecule has 0 N–H and O–H groups in total. The van der Waals surface area contributed by atoms with Crippen molar-refractivity contribution in [2.75, 3.05) is 0 Å². The fraction of sp³-hybridized carbons (Fsp3) is 0.211. The molecule has 0 saturated carbocycles. The van der Waals surface area contributed by atoms with Gasteiger partial charge in [-0.3, -0.25) is 0 Å². The average molecular weight is 371 g/mol. The Morgan fingerprint density at radius 3 is 2.44 bits per heavy atom. The molecule has 3 heterocycles. The monoisotopic (exact) mass is 371 g/mol. The first-order chi connectivity index (χ1) is 12.9. The molecule has 0 bridgehead atoms. The van der Waals surface area contributed by atoms with Crippen molar-refractivity contribution in [2.24, 2.45) is 7.05 Å². The zero-order valence-electron chi connectivity index (χ0n) is 14.5. The van der Waals surface area contributed by atoms with Crippen molar-refractivity contribution in [1.29, 1.82) is 0 Å². The number of hydrogen-bond acceptors (Lipinski definition) is 3. The van der Waals surface area contributed by atoms with Crippen LogP contribution in [0.1, 0.15) is 17.2 Å². The highest BCUT2D eigenvalue weighted by Crippen LogP contribution is 2.28. The van der Waals surface area contributed by atoms with E-state index in [9.17, 15) is 13.2 Å². The van der Waals surface area contributed by atoms with Crippen LogP contribution in [0.2, 0.25) is 0 Å². The zero-order chi connectivity index (χ0) is 19.0. The predicted molar refractivity (Wildman–Crippen MR) is 94.0 cm³/mol. The molecule has 0 aliphatic rings. The number of aryl methyl sites for hydroxylation is 3. The first-order valence-corrected chi connectivity index (χ1v) is 8.40. The molecule has 0 atom stereocenters. The summed E-state index contributed by atoms with van der Waals surface area (Å²) in [5.74, 6) is 0.886. The van der Waals surface area contributed by atoms with Gasteiger partial charge >= 0.3 is 6.18 Å². The van der Waals surface area contributed by atoms with Crippen LogP contribution < -0.4 is 0 Å². The van der Waals surface area contributed by atoms with Crippen molar-refractivity contribution in [3.8, 4) is 11.3 Å². The minimum absolute atomic E-state index is 0.175. The maximum Gasteiger partial charge on any atom is 0.434 e. The minimum atomic E-state index is -4.48. The maximum atomic E-state index is 12.8. The van der Waals surface area contributed by atoms with E-state index in [0.29, 0.717) is 18.5 Å². The van der Waals surface area contributed by atoms with E-state index in [0.717, 1.165) is 23.3 Å². The van der Waals surface area contributed by atoms with Gasteiger partial charge in [0.1, 0.15) is 5.82 Å². The number of aromatic nitrogens is 5. The van der Waals surface area contributed by atoms with E-state index in [4.69, 9.17) is 0 Å². The quantitative estimate of drug-likeness (QED) is 0.546. The molecule has 27 heavy (non-hydrogen) atoms. The van der Waals surface area contributed by atoms with Gasteiger partial charge in [0.15, 0.2) is 11.3 Å². The van der Waals surface area contributed by atoms with E-state index in [1.165, 1.54) is 4.52 Å². The van der Waals surface area contributed by atoms with E-state index < -0.39 is 11.9 Å². The molecule has 0 amide bonds. The molecule has 0 aliphatic heterocycles. The summed E-state index contributed by atoms with van der Waals surface area (Å²) in [6.45, 7) is 0. The van der Waals surface area contributed by atoms with Gasteiger partial charge in [-0.05, 0) is 18.6 Å². The van der Waals surface area contributed by atoms with Gasteiger partial charge in [-0.1, -0.05) is 30.3 Å². The molecule has 8 heteroatoms. The molecule has 138 valence electrons. The Kier molecular flexibility index (Phi) is 4.18. The Morgan fingerprint density at radius 1 is 0.926 bits per heavy atom. The van der Waals surface area contributed by atoms with Crippen LogP contribution in [0.15, 0.2) is 54.9 Å². The summed E-state index contributed by atoms with van der Waals surface area (Å²) >= 11 is 0. The molecule has 1 aromatic carbocycles. The summed E-state index contributed by atoms with van der Waals surface area (Å²) in [5.41, 5.74) is 1.84. The third-order valence-corrected chi connectivity index (χ3v) is 4.31. The largest absolute Gasteiger partial charge is 0.434 e. The van der Waals surface area contributed by atoms with Gasteiger partial charge in [0.2, 0.25) is 0 Å². The van der Waals surface area contributed by atoms with Crippen molar-refractivity contribution < 1.29 is 13.2 Å². The van der Waals surface area contributed by atoms with Gasteiger partial charge in [0.25, 0.3) is 0 Å². The number of halogens is 3. The van der Waals surface area contributed by atoms with Gasteiger partial charge in [0, 0.05) is 25.2 Å². The molecular formula is C19H16F3N5.